The molecule has 0 radical (unpaired) electrons. The molecule has 42 heavy (non-hydrogen) atoms. The Balaban J connectivity index is 1.20. The number of nitrogens with one attached hydrogen (secondary N) is 1. The minimum absolute atomic E-state index is 0.0536. The van der Waals surface area contributed by atoms with E-state index in [9.17, 15) is 13.2 Å². The summed E-state index contributed by atoms with van der Waals surface area (Å²) in [6, 6.07) is 30.7. The minimum Gasteiger partial charge on any atom is -0.482 e. The zero-order valence-corrected chi connectivity index (χ0v) is 27.0. The van der Waals surface area contributed by atoms with Crippen LogP contribution in [0.15, 0.2) is 111 Å². The number of aryl methyl sites for hydroxylation is 1. The highest BCUT2D eigenvalue weighted by Gasteiger charge is 2.32. The normalized spacial score (nSPS) is 14.6. The monoisotopic (exact) mass is 711 g/mol. The van der Waals surface area contributed by atoms with Crippen LogP contribution in [0.4, 0.5) is 5.69 Å². The first kappa shape index (κ1) is 30.4. The summed E-state index contributed by atoms with van der Waals surface area (Å²) in [6.45, 7) is 3.70. The summed E-state index contributed by atoms with van der Waals surface area (Å²) < 4.78 is 35.9. The number of halogens is 2. The maximum atomic E-state index is 13.5. The number of benzene rings is 4. The number of hydrogen-bond donors (Lipinski definition) is 1. The fourth-order valence-corrected chi connectivity index (χ4v) is 8.13. The molecule has 0 atom stereocenters. The van der Waals surface area contributed by atoms with Crippen molar-refractivity contribution in [1.82, 2.24) is 9.21 Å². The molecular weight excluding hydrogens is 682 g/mol. The van der Waals surface area contributed by atoms with Crippen molar-refractivity contribution in [1.29, 1.82) is 0 Å². The second-order valence-electron chi connectivity index (χ2n) is 10.1. The standard InChI is InChI=1S/C32H31Br2N3O4S/c1-23-20-26(33)21-29(34)32(23)41-22-30(38)35-27-12-14-28(15-13-27)42(39,40)37-18-16-36(17-19-37)31(24-8-4-2-5-9-24)25-10-6-3-7-11-25/h2-15,20-21,31H,16-19,22H2,1H3,(H,35,38). The predicted octanol–water partition coefficient (Wildman–Crippen LogP) is 6.63. The summed E-state index contributed by atoms with van der Waals surface area (Å²) in [5.74, 6) is 0.246. The van der Waals surface area contributed by atoms with Gasteiger partial charge in [-0.2, -0.15) is 4.31 Å². The lowest BCUT2D eigenvalue weighted by Gasteiger charge is -2.39. The summed E-state index contributed by atoms with van der Waals surface area (Å²) in [4.78, 5) is 15.0. The van der Waals surface area contributed by atoms with Gasteiger partial charge in [-0.25, -0.2) is 8.42 Å². The van der Waals surface area contributed by atoms with E-state index in [-0.39, 0.29) is 23.5 Å². The van der Waals surface area contributed by atoms with Crippen LogP contribution in [0.3, 0.4) is 0 Å². The van der Waals surface area contributed by atoms with E-state index in [0.29, 0.717) is 37.6 Å². The van der Waals surface area contributed by atoms with Gasteiger partial charge in [0.2, 0.25) is 10.0 Å². The molecule has 1 aliphatic rings. The lowest BCUT2D eigenvalue weighted by atomic mass is 9.96. The van der Waals surface area contributed by atoms with Crippen molar-refractivity contribution >= 4 is 53.5 Å². The van der Waals surface area contributed by atoms with E-state index in [1.165, 1.54) is 27.6 Å². The maximum Gasteiger partial charge on any atom is 0.262 e. The second-order valence-corrected chi connectivity index (χ2v) is 13.8. The average Bonchev–Trinajstić information content (AvgIpc) is 2.98. The van der Waals surface area contributed by atoms with Crippen molar-refractivity contribution in [3.8, 4) is 5.75 Å². The fraction of sp³-hybridized carbons (Fsp3) is 0.219. The van der Waals surface area contributed by atoms with E-state index < -0.39 is 10.0 Å². The van der Waals surface area contributed by atoms with Crippen LogP contribution >= 0.6 is 31.9 Å². The molecule has 1 heterocycles. The first-order valence-electron chi connectivity index (χ1n) is 13.5. The molecule has 0 bridgehead atoms. The number of anilines is 1. The van der Waals surface area contributed by atoms with E-state index in [2.05, 4.69) is 66.3 Å². The van der Waals surface area contributed by atoms with E-state index in [1.807, 2.05) is 55.5 Å². The Morgan fingerprint density at radius 3 is 1.98 bits per heavy atom. The maximum absolute atomic E-state index is 13.5. The number of piperazine rings is 1. The van der Waals surface area contributed by atoms with Crippen molar-refractivity contribution < 1.29 is 17.9 Å². The van der Waals surface area contributed by atoms with E-state index in [1.54, 1.807) is 12.1 Å². The Morgan fingerprint density at radius 1 is 0.857 bits per heavy atom. The Hall–Kier alpha value is -3.02. The van der Waals surface area contributed by atoms with Gasteiger partial charge in [0.1, 0.15) is 5.75 Å². The highest BCUT2D eigenvalue weighted by molar-refractivity contribution is 9.11. The third-order valence-electron chi connectivity index (χ3n) is 7.19. The molecule has 7 nitrogen and oxygen atoms in total. The quantitative estimate of drug-likeness (QED) is 0.211. The number of hydrogen-bond acceptors (Lipinski definition) is 5. The summed E-state index contributed by atoms with van der Waals surface area (Å²) in [5.41, 5.74) is 3.74. The molecule has 1 fully saturated rings. The van der Waals surface area contributed by atoms with Gasteiger partial charge < -0.3 is 10.1 Å². The molecule has 0 aliphatic carbocycles. The molecule has 10 heteroatoms. The van der Waals surface area contributed by atoms with Gasteiger partial charge in [0, 0.05) is 36.3 Å². The van der Waals surface area contributed by atoms with Crippen LogP contribution in [-0.4, -0.2) is 56.3 Å². The first-order chi connectivity index (χ1) is 20.2. The number of carbonyl (C=O) groups is 1. The van der Waals surface area contributed by atoms with Crippen LogP contribution in [0.5, 0.6) is 5.75 Å². The summed E-state index contributed by atoms with van der Waals surface area (Å²) in [7, 11) is -3.68. The topological polar surface area (TPSA) is 78.9 Å². The van der Waals surface area contributed by atoms with Gasteiger partial charge in [-0.1, -0.05) is 76.6 Å². The molecule has 1 N–H and O–H groups in total. The molecule has 1 amide bonds. The van der Waals surface area contributed by atoms with E-state index in [4.69, 9.17) is 4.74 Å². The van der Waals surface area contributed by atoms with Crippen molar-refractivity contribution in [3.05, 3.63) is 123 Å². The molecule has 5 rings (SSSR count). The van der Waals surface area contributed by atoms with Gasteiger partial charge in [0.25, 0.3) is 5.91 Å². The highest BCUT2D eigenvalue weighted by Crippen LogP contribution is 2.33. The Morgan fingerprint density at radius 2 is 1.43 bits per heavy atom. The number of ether oxygens (including phenoxy) is 1. The van der Waals surface area contributed by atoms with E-state index >= 15 is 0 Å². The highest BCUT2D eigenvalue weighted by atomic mass is 79.9. The van der Waals surface area contributed by atoms with Gasteiger partial charge in [-0.15, -0.1) is 0 Å². The van der Waals surface area contributed by atoms with Gasteiger partial charge in [-0.3, -0.25) is 9.69 Å². The van der Waals surface area contributed by atoms with Gasteiger partial charge in [-0.05, 0) is 75.9 Å². The van der Waals surface area contributed by atoms with Crippen molar-refractivity contribution in [3.63, 3.8) is 0 Å². The molecule has 0 spiro atoms. The zero-order valence-electron chi connectivity index (χ0n) is 23.0. The van der Waals surface area contributed by atoms with Crippen molar-refractivity contribution in [2.75, 3.05) is 38.1 Å². The smallest absolute Gasteiger partial charge is 0.262 e. The van der Waals surface area contributed by atoms with Crippen LogP contribution in [0.2, 0.25) is 0 Å². The summed E-state index contributed by atoms with van der Waals surface area (Å²) in [6.07, 6.45) is 0. The van der Waals surface area contributed by atoms with Gasteiger partial charge in [0.05, 0.1) is 15.4 Å². The van der Waals surface area contributed by atoms with Crippen molar-refractivity contribution in [2.45, 2.75) is 17.9 Å². The molecular formula is C32H31Br2N3O4S. The van der Waals surface area contributed by atoms with E-state index in [0.717, 1.165) is 14.5 Å². The molecule has 0 saturated carbocycles. The number of amides is 1. The average molecular weight is 713 g/mol. The minimum atomic E-state index is -3.68. The lowest BCUT2D eigenvalue weighted by Crippen LogP contribution is -2.49. The van der Waals surface area contributed by atoms with Crippen LogP contribution < -0.4 is 10.1 Å². The molecule has 218 valence electrons. The number of nitrogens with zero attached hydrogens (tertiary/aromatic N) is 2. The van der Waals surface area contributed by atoms with Gasteiger partial charge in [0.15, 0.2) is 6.61 Å². The number of carbonyl (C=O) groups excluding carboxylic acids is 1. The summed E-state index contributed by atoms with van der Waals surface area (Å²) >= 11 is 6.88. The predicted molar refractivity (Wildman–Crippen MR) is 172 cm³/mol. The Bertz CT molecular complexity index is 1570. The molecule has 1 aliphatic heterocycles. The third-order valence-corrected chi connectivity index (χ3v) is 10.1. The summed E-state index contributed by atoms with van der Waals surface area (Å²) in [5, 5.41) is 2.77. The van der Waals surface area contributed by atoms with Crippen LogP contribution in [0, 0.1) is 6.92 Å². The molecule has 4 aromatic carbocycles. The number of sulfonamides is 1. The van der Waals surface area contributed by atoms with Crippen molar-refractivity contribution in [2.24, 2.45) is 0 Å². The van der Waals surface area contributed by atoms with Gasteiger partial charge >= 0.3 is 0 Å². The lowest BCUT2D eigenvalue weighted by molar-refractivity contribution is -0.118. The Labute approximate surface area is 263 Å². The zero-order chi connectivity index (χ0) is 29.7. The first-order valence-corrected chi connectivity index (χ1v) is 16.6. The SMILES string of the molecule is Cc1cc(Br)cc(Br)c1OCC(=O)Nc1ccc(S(=O)(=O)N2CCN(C(c3ccccc3)c3ccccc3)CC2)cc1. The third kappa shape index (κ3) is 7.12. The molecule has 0 aromatic heterocycles. The fourth-order valence-electron chi connectivity index (χ4n) is 5.15. The second kappa shape index (κ2) is 13.5. The Kier molecular flexibility index (Phi) is 9.80. The van der Waals surface area contributed by atoms with Crippen LogP contribution in [0.25, 0.3) is 0 Å². The molecule has 0 unspecified atom stereocenters. The molecule has 4 aromatic rings. The van der Waals surface area contributed by atoms with Crippen LogP contribution in [0.1, 0.15) is 22.7 Å². The molecule has 1 saturated heterocycles. The van der Waals surface area contributed by atoms with Crippen LogP contribution in [-0.2, 0) is 14.8 Å². The largest absolute Gasteiger partial charge is 0.482 e. The number of rotatable bonds is 9.